The summed E-state index contributed by atoms with van der Waals surface area (Å²) in [5.74, 6) is -0.651. The Kier molecular flexibility index (Phi) is 4.50. The summed E-state index contributed by atoms with van der Waals surface area (Å²) >= 11 is 0. The lowest BCUT2D eigenvalue weighted by atomic mass is 9.95. The van der Waals surface area contributed by atoms with Gasteiger partial charge in [0.25, 0.3) is 0 Å². The molecule has 0 heterocycles. The summed E-state index contributed by atoms with van der Waals surface area (Å²) in [4.78, 5) is 0. The van der Waals surface area contributed by atoms with Gasteiger partial charge in [-0.05, 0) is 41.8 Å². The molecule has 106 valence electrons. The molecule has 0 radical (unpaired) electrons. The van der Waals surface area contributed by atoms with Gasteiger partial charge in [-0.3, -0.25) is 0 Å². The van der Waals surface area contributed by atoms with Crippen LogP contribution in [-0.4, -0.2) is 7.05 Å². The largest absolute Gasteiger partial charge is 0.309 e. The number of halogens is 2. The molecular formula is C17H19F2N. The third-order valence-corrected chi connectivity index (χ3v) is 3.44. The van der Waals surface area contributed by atoms with Gasteiger partial charge in [0, 0.05) is 6.07 Å². The first-order valence-corrected chi connectivity index (χ1v) is 6.74. The van der Waals surface area contributed by atoms with E-state index >= 15 is 0 Å². The first kappa shape index (κ1) is 14.7. The molecule has 0 spiro atoms. The molecule has 0 aliphatic carbocycles. The van der Waals surface area contributed by atoms with Crippen molar-refractivity contribution in [1.82, 2.24) is 5.32 Å². The Balaban J connectivity index is 2.36. The molecule has 0 amide bonds. The van der Waals surface area contributed by atoms with Crippen LogP contribution in [0.25, 0.3) is 0 Å². The molecule has 0 aromatic heterocycles. The maximum atomic E-state index is 13.3. The van der Waals surface area contributed by atoms with E-state index in [2.05, 4.69) is 31.3 Å². The smallest absolute Gasteiger partial charge is 0.126 e. The molecule has 1 unspecified atom stereocenters. The van der Waals surface area contributed by atoms with E-state index in [1.807, 2.05) is 12.1 Å². The van der Waals surface area contributed by atoms with Crippen LogP contribution in [0, 0.1) is 11.6 Å². The minimum atomic E-state index is -0.556. The quantitative estimate of drug-likeness (QED) is 0.872. The third-order valence-electron chi connectivity index (χ3n) is 3.44. The predicted octanol–water partition coefficient (Wildman–Crippen LogP) is 4.40. The zero-order valence-electron chi connectivity index (χ0n) is 12.0. The highest BCUT2D eigenvalue weighted by atomic mass is 19.1. The molecular weight excluding hydrogens is 256 g/mol. The molecule has 0 saturated heterocycles. The molecule has 1 atom stereocenters. The van der Waals surface area contributed by atoms with Crippen molar-refractivity contribution in [2.24, 2.45) is 0 Å². The van der Waals surface area contributed by atoms with E-state index in [0.717, 1.165) is 11.6 Å². The molecule has 3 heteroatoms. The Hall–Kier alpha value is -1.74. The van der Waals surface area contributed by atoms with Gasteiger partial charge in [0.05, 0.1) is 6.04 Å². The van der Waals surface area contributed by atoms with Gasteiger partial charge in [0.1, 0.15) is 11.6 Å². The molecule has 0 aliphatic rings. The SMILES string of the molecule is CNC(c1ccc(C(C)C)cc1)c1cc(F)cc(F)c1. The van der Waals surface area contributed by atoms with Crippen LogP contribution in [0.1, 0.15) is 42.5 Å². The first-order valence-electron chi connectivity index (χ1n) is 6.74. The molecule has 0 fully saturated rings. The number of nitrogens with one attached hydrogen (secondary N) is 1. The predicted molar refractivity (Wildman–Crippen MR) is 77.8 cm³/mol. The van der Waals surface area contributed by atoms with Crippen molar-refractivity contribution in [3.8, 4) is 0 Å². The molecule has 2 aromatic rings. The summed E-state index contributed by atoms with van der Waals surface area (Å²) in [7, 11) is 1.78. The van der Waals surface area contributed by atoms with Gasteiger partial charge in [-0.25, -0.2) is 8.78 Å². The van der Waals surface area contributed by atoms with E-state index in [9.17, 15) is 8.78 Å². The number of rotatable bonds is 4. The fraction of sp³-hybridized carbons (Fsp3) is 0.294. The first-order chi connectivity index (χ1) is 9.51. The van der Waals surface area contributed by atoms with Crippen molar-refractivity contribution in [1.29, 1.82) is 0 Å². The molecule has 2 aromatic carbocycles. The van der Waals surface area contributed by atoms with Crippen LogP contribution in [0.3, 0.4) is 0 Å². The van der Waals surface area contributed by atoms with Crippen LogP contribution in [-0.2, 0) is 0 Å². The van der Waals surface area contributed by atoms with Crippen LogP contribution in [0.15, 0.2) is 42.5 Å². The van der Waals surface area contributed by atoms with Gasteiger partial charge in [-0.15, -0.1) is 0 Å². The van der Waals surface area contributed by atoms with Crippen molar-refractivity contribution < 1.29 is 8.78 Å². The fourth-order valence-corrected chi connectivity index (χ4v) is 2.34. The van der Waals surface area contributed by atoms with Gasteiger partial charge in [-0.2, -0.15) is 0 Å². The Bertz CT molecular complexity index is 556. The van der Waals surface area contributed by atoms with Crippen molar-refractivity contribution in [2.75, 3.05) is 7.05 Å². The maximum Gasteiger partial charge on any atom is 0.126 e. The molecule has 0 saturated carbocycles. The van der Waals surface area contributed by atoms with E-state index in [1.54, 1.807) is 7.05 Å². The molecule has 0 aliphatic heterocycles. The molecule has 1 nitrogen and oxygen atoms in total. The summed E-state index contributed by atoms with van der Waals surface area (Å²) in [6.07, 6.45) is 0. The summed E-state index contributed by atoms with van der Waals surface area (Å²) in [6.45, 7) is 4.26. The summed E-state index contributed by atoms with van der Waals surface area (Å²) < 4.78 is 26.7. The standard InChI is InChI=1S/C17H19F2N/c1-11(2)12-4-6-13(7-5-12)17(20-3)14-8-15(18)10-16(19)9-14/h4-11,17,20H,1-3H3. The van der Waals surface area contributed by atoms with E-state index in [0.29, 0.717) is 11.5 Å². The lowest BCUT2D eigenvalue weighted by Gasteiger charge is -2.18. The second-order valence-electron chi connectivity index (χ2n) is 5.25. The number of hydrogen-bond acceptors (Lipinski definition) is 1. The minimum Gasteiger partial charge on any atom is -0.309 e. The Morgan fingerprint density at radius 3 is 1.75 bits per heavy atom. The molecule has 20 heavy (non-hydrogen) atoms. The van der Waals surface area contributed by atoms with Crippen molar-refractivity contribution in [2.45, 2.75) is 25.8 Å². The maximum absolute atomic E-state index is 13.3. The van der Waals surface area contributed by atoms with Crippen LogP contribution >= 0.6 is 0 Å². The van der Waals surface area contributed by atoms with E-state index in [-0.39, 0.29) is 6.04 Å². The van der Waals surface area contributed by atoms with Gasteiger partial charge in [-0.1, -0.05) is 38.1 Å². The van der Waals surface area contributed by atoms with E-state index in [1.165, 1.54) is 17.7 Å². The zero-order valence-corrected chi connectivity index (χ0v) is 12.0. The molecule has 1 N–H and O–H groups in total. The fourth-order valence-electron chi connectivity index (χ4n) is 2.34. The van der Waals surface area contributed by atoms with Crippen LogP contribution in [0.4, 0.5) is 8.78 Å². The van der Waals surface area contributed by atoms with Crippen molar-refractivity contribution in [3.05, 3.63) is 70.8 Å². The highest BCUT2D eigenvalue weighted by Gasteiger charge is 2.14. The topological polar surface area (TPSA) is 12.0 Å². The van der Waals surface area contributed by atoms with Gasteiger partial charge >= 0.3 is 0 Å². The average Bonchev–Trinajstić information content (AvgIpc) is 2.39. The van der Waals surface area contributed by atoms with E-state index in [4.69, 9.17) is 0 Å². The number of benzene rings is 2. The van der Waals surface area contributed by atoms with Crippen LogP contribution < -0.4 is 5.32 Å². The second kappa shape index (κ2) is 6.14. The van der Waals surface area contributed by atoms with Crippen molar-refractivity contribution >= 4 is 0 Å². The summed E-state index contributed by atoms with van der Waals surface area (Å²) in [6, 6.07) is 11.5. The summed E-state index contributed by atoms with van der Waals surface area (Å²) in [5, 5.41) is 3.10. The highest BCUT2D eigenvalue weighted by molar-refractivity contribution is 5.34. The van der Waals surface area contributed by atoms with Crippen LogP contribution in [0.2, 0.25) is 0 Å². The lowest BCUT2D eigenvalue weighted by Crippen LogP contribution is -2.18. The lowest BCUT2D eigenvalue weighted by molar-refractivity contribution is 0.571. The monoisotopic (exact) mass is 275 g/mol. The normalized spacial score (nSPS) is 12.7. The minimum absolute atomic E-state index is 0.221. The summed E-state index contributed by atoms with van der Waals surface area (Å²) in [5.41, 5.74) is 2.82. The third kappa shape index (κ3) is 3.23. The Labute approximate surface area is 118 Å². The Morgan fingerprint density at radius 2 is 1.30 bits per heavy atom. The number of hydrogen-bond donors (Lipinski definition) is 1. The average molecular weight is 275 g/mol. The highest BCUT2D eigenvalue weighted by Crippen LogP contribution is 2.25. The van der Waals surface area contributed by atoms with E-state index < -0.39 is 11.6 Å². The van der Waals surface area contributed by atoms with Gasteiger partial charge in [0.15, 0.2) is 0 Å². The zero-order chi connectivity index (χ0) is 14.7. The van der Waals surface area contributed by atoms with Gasteiger partial charge in [0.2, 0.25) is 0 Å². The van der Waals surface area contributed by atoms with Gasteiger partial charge < -0.3 is 5.32 Å². The molecule has 2 rings (SSSR count). The van der Waals surface area contributed by atoms with Crippen LogP contribution in [0.5, 0.6) is 0 Å². The molecule has 0 bridgehead atoms. The second-order valence-corrected chi connectivity index (χ2v) is 5.25. The Morgan fingerprint density at radius 1 is 0.800 bits per heavy atom. The van der Waals surface area contributed by atoms with Crippen molar-refractivity contribution in [3.63, 3.8) is 0 Å².